The van der Waals surface area contributed by atoms with Gasteiger partial charge in [-0.15, -0.1) is 23.1 Å². The third-order valence-corrected chi connectivity index (χ3v) is 9.04. The Hall–Kier alpha value is -1.72. The highest BCUT2D eigenvalue weighted by Crippen LogP contribution is 2.30. The lowest BCUT2D eigenvalue weighted by molar-refractivity contribution is -0.125. The van der Waals surface area contributed by atoms with Crippen LogP contribution in [-0.4, -0.2) is 71.1 Å². The Bertz CT molecular complexity index is 963. The number of thioether (sulfide) groups is 2. The number of aromatic nitrogens is 1. The fourth-order valence-corrected chi connectivity index (χ4v) is 6.59. The molecular weight excluding hydrogens is 488 g/mol. The molecule has 1 saturated heterocycles. The molecule has 7 nitrogen and oxygen atoms in total. The lowest BCUT2D eigenvalue weighted by atomic mass is 10.1. The lowest BCUT2D eigenvalue weighted by Crippen LogP contribution is -2.32. The van der Waals surface area contributed by atoms with Gasteiger partial charge in [-0.25, -0.2) is 4.98 Å². The summed E-state index contributed by atoms with van der Waals surface area (Å²) < 4.78 is 0. The minimum atomic E-state index is -0.276. The molecule has 1 fully saturated rings. The summed E-state index contributed by atoms with van der Waals surface area (Å²) >= 11 is 5.42. The first-order valence-electron chi connectivity index (χ1n) is 11.4. The average molecular weight is 521 g/mol. The highest BCUT2D eigenvalue weighted by Gasteiger charge is 2.17. The number of rotatable bonds is 13. The maximum Gasteiger partial charge on any atom is 0.226 e. The molecule has 34 heavy (non-hydrogen) atoms. The van der Waals surface area contributed by atoms with Crippen molar-refractivity contribution < 1.29 is 14.4 Å². The molecule has 184 valence electrons. The Morgan fingerprint density at radius 2 is 2.12 bits per heavy atom. The second-order valence-electron chi connectivity index (χ2n) is 8.34. The molecule has 0 saturated carbocycles. The number of thiazole rings is 1. The van der Waals surface area contributed by atoms with Gasteiger partial charge in [-0.3, -0.25) is 29.5 Å². The molecule has 1 aliphatic rings. The minimum absolute atomic E-state index is 0.115. The van der Waals surface area contributed by atoms with Crippen LogP contribution < -0.4 is 5.32 Å². The molecule has 1 N–H and O–H groups in total. The van der Waals surface area contributed by atoms with E-state index in [4.69, 9.17) is 4.98 Å². The summed E-state index contributed by atoms with van der Waals surface area (Å²) in [7, 11) is 1.99. The summed E-state index contributed by atoms with van der Waals surface area (Å²) in [4.78, 5) is 44.3. The largest absolute Gasteiger partial charge is 0.299 e. The normalized spacial score (nSPS) is 15.3. The first-order chi connectivity index (χ1) is 16.5. The van der Waals surface area contributed by atoms with Gasteiger partial charge in [-0.05, 0) is 32.0 Å². The molecule has 3 rings (SSSR count). The number of carbonyl (C=O) groups is 3. The maximum absolute atomic E-state index is 11.8. The highest BCUT2D eigenvalue weighted by molar-refractivity contribution is 7.99. The van der Waals surface area contributed by atoms with E-state index in [9.17, 15) is 14.4 Å². The van der Waals surface area contributed by atoms with Crippen LogP contribution in [-0.2, 0) is 28.4 Å². The van der Waals surface area contributed by atoms with Gasteiger partial charge in [0.25, 0.3) is 0 Å². The second kappa shape index (κ2) is 14.0. The summed E-state index contributed by atoms with van der Waals surface area (Å²) in [5, 5.41) is 5.43. The second-order valence-corrected chi connectivity index (χ2v) is 11.5. The number of amides is 2. The average Bonchev–Trinajstić information content (AvgIpc) is 3.29. The van der Waals surface area contributed by atoms with Crippen LogP contribution in [0.3, 0.4) is 0 Å². The number of carbonyl (C=O) groups excluding carboxylic acids is 3. The molecule has 0 spiro atoms. The number of benzene rings is 1. The van der Waals surface area contributed by atoms with E-state index in [0.29, 0.717) is 24.9 Å². The van der Waals surface area contributed by atoms with E-state index in [1.54, 1.807) is 23.1 Å². The van der Waals surface area contributed by atoms with Crippen LogP contribution in [0.5, 0.6) is 0 Å². The maximum atomic E-state index is 11.8. The van der Waals surface area contributed by atoms with E-state index in [0.717, 1.165) is 52.8 Å². The zero-order valence-corrected chi connectivity index (χ0v) is 22.1. The number of nitrogens with one attached hydrogen (secondary N) is 1. The summed E-state index contributed by atoms with van der Waals surface area (Å²) in [6.45, 7) is 5.82. The lowest BCUT2D eigenvalue weighted by Gasteiger charge is -2.26. The van der Waals surface area contributed by atoms with Gasteiger partial charge in [0, 0.05) is 66.0 Å². The fourth-order valence-electron chi connectivity index (χ4n) is 3.72. The molecule has 2 amide bonds. The van der Waals surface area contributed by atoms with Gasteiger partial charge in [-0.1, -0.05) is 12.1 Å². The van der Waals surface area contributed by atoms with Gasteiger partial charge in [-0.2, -0.15) is 11.8 Å². The molecule has 10 heteroatoms. The van der Waals surface area contributed by atoms with Crippen LogP contribution in [0.4, 0.5) is 0 Å². The van der Waals surface area contributed by atoms with Crippen LogP contribution in [0.25, 0.3) is 0 Å². The van der Waals surface area contributed by atoms with Crippen LogP contribution in [0.2, 0.25) is 0 Å². The molecule has 0 aliphatic carbocycles. The molecule has 0 radical (unpaired) electrons. The molecule has 1 aromatic heterocycles. The molecule has 2 heterocycles. The van der Waals surface area contributed by atoms with E-state index < -0.39 is 0 Å². The van der Waals surface area contributed by atoms with Crippen molar-refractivity contribution in [2.24, 2.45) is 0 Å². The molecule has 1 aliphatic heterocycles. The van der Waals surface area contributed by atoms with Crippen LogP contribution in [0, 0.1) is 0 Å². The number of imide groups is 1. The standard InChI is InChI=1S/C24H32N4O3S3/c1-18(6-7-23(31)25-17-30)27(2)13-21-19(14-29)4-3-5-22(21)33-16-24-26-20(15-34-24)12-28-8-10-32-11-9-28/h3-5,14-15,17-18H,6-13,16H2,1-2H3,(H,25,30,31). The predicted octanol–water partition coefficient (Wildman–Crippen LogP) is 3.67. The van der Waals surface area contributed by atoms with Gasteiger partial charge in [0.1, 0.15) is 11.3 Å². The highest BCUT2D eigenvalue weighted by atomic mass is 32.2. The van der Waals surface area contributed by atoms with Crippen LogP contribution in [0.15, 0.2) is 28.5 Å². The zero-order chi connectivity index (χ0) is 24.3. The monoisotopic (exact) mass is 520 g/mol. The Morgan fingerprint density at radius 1 is 1.32 bits per heavy atom. The Morgan fingerprint density at radius 3 is 2.85 bits per heavy atom. The SMILES string of the molecule is CC(CCC(=O)NC=O)N(C)Cc1c(C=O)cccc1SCc1nc(CN2CCSCC2)cs1. The summed E-state index contributed by atoms with van der Waals surface area (Å²) in [6, 6.07) is 5.94. The van der Waals surface area contributed by atoms with Crippen molar-refractivity contribution >= 4 is 53.5 Å². The molecular formula is C24H32N4O3S3. The van der Waals surface area contributed by atoms with Gasteiger partial charge in [0.15, 0.2) is 0 Å². The van der Waals surface area contributed by atoms with E-state index in [1.165, 1.54) is 11.5 Å². The molecule has 1 atom stereocenters. The van der Waals surface area contributed by atoms with Crippen molar-refractivity contribution in [1.29, 1.82) is 0 Å². The number of hydrogen-bond donors (Lipinski definition) is 1. The predicted molar refractivity (Wildman–Crippen MR) is 140 cm³/mol. The quantitative estimate of drug-likeness (QED) is 0.317. The van der Waals surface area contributed by atoms with Crippen molar-refractivity contribution in [2.75, 3.05) is 31.6 Å². The van der Waals surface area contributed by atoms with Crippen LogP contribution >= 0.6 is 34.9 Å². The third kappa shape index (κ3) is 8.20. The smallest absolute Gasteiger partial charge is 0.226 e. The number of hydrogen-bond acceptors (Lipinski definition) is 9. The number of nitrogens with zero attached hydrogens (tertiary/aromatic N) is 3. The van der Waals surface area contributed by atoms with Gasteiger partial charge in [0.05, 0.1) is 11.4 Å². The fraction of sp³-hybridized carbons (Fsp3) is 0.500. The van der Waals surface area contributed by atoms with Crippen LogP contribution in [0.1, 0.15) is 46.4 Å². The van der Waals surface area contributed by atoms with Gasteiger partial charge in [0.2, 0.25) is 12.3 Å². The first kappa shape index (κ1) is 26.9. The Kier molecular flexibility index (Phi) is 11.1. The summed E-state index contributed by atoms with van der Waals surface area (Å²) in [5.74, 6) is 2.88. The van der Waals surface area contributed by atoms with Crippen molar-refractivity contribution in [1.82, 2.24) is 20.1 Å². The van der Waals surface area contributed by atoms with Crippen molar-refractivity contribution in [3.05, 3.63) is 45.4 Å². The molecule has 0 bridgehead atoms. The Labute approximate surface area is 214 Å². The Balaban J connectivity index is 1.60. The van der Waals surface area contributed by atoms with Crippen molar-refractivity contribution in [2.45, 2.75) is 49.5 Å². The molecule has 2 aromatic rings. The topological polar surface area (TPSA) is 82.6 Å². The number of aldehydes is 1. The summed E-state index contributed by atoms with van der Waals surface area (Å²) in [6.07, 6.45) is 2.23. The third-order valence-electron chi connectivity index (χ3n) is 5.91. The molecule has 1 aromatic carbocycles. The van der Waals surface area contributed by atoms with E-state index >= 15 is 0 Å². The zero-order valence-electron chi connectivity index (χ0n) is 19.7. The van der Waals surface area contributed by atoms with Crippen molar-refractivity contribution in [3.8, 4) is 0 Å². The van der Waals surface area contributed by atoms with Crippen molar-refractivity contribution in [3.63, 3.8) is 0 Å². The van der Waals surface area contributed by atoms with E-state index in [1.807, 2.05) is 37.9 Å². The van der Waals surface area contributed by atoms with Gasteiger partial charge >= 0.3 is 0 Å². The van der Waals surface area contributed by atoms with Gasteiger partial charge < -0.3 is 0 Å². The first-order valence-corrected chi connectivity index (χ1v) is 14.4. The van der Waals surface area contributed by atoms with E-state index in [-0.39, 0.29) is 18.4 Å². The summed E-state index contributed by atoms with van der Waals surface area (Å²) in [5.41, 5.74) is 2.82. The minimum Gasteiger partial charge on any atom is -0.299 e. The molecule has 1 unspecified atom stereocenters. The van der Waals surface area contributed by atoms with E-state index in [2.05, 4.69) is 26.6 Å².